The Morgan fingerprint density at radius 3 is 2.26 bits per heavy atom. The smallest absolute Gasteiger partial charge is 0.320 e. The zero-order chi connectivity index (χ0) is 14.5. The van der Waals surface area contributed by atoms with Crippen molar-refractivity contribution in [2.45, 2.75) is 58.5 Å². The van der Waals surface area contributed by atoms with Crippen LogP contribution in [0.25, 0.3) is 0 Å². The van der Waals surface area contributed by atoms with Crippen LogP contribution in [0.1, 0.15) is 52.9 Å². The Morgan fingerprint density at radius 1 is 1.21 bits per heavy atom. The number of esters is 1. The Bertz CT molecular complexity index is 327. The molecule has 0 saturated heterocycles. The summed E-state index contributed by atoms with van der Waals surface area (Å²) in [5, 5.41) is 12.3. The van der Waals surface area contributed by atoms with Crippen molar-refractivity contribution in [1.82, 2.24) is 5.32 Å². The number of ether oxygens (including phenoxy) is 1. The molecule has 5 heteroatoms. The molecule has 0 heterocycles. The van der Waals surface area contributed by atoms with Gasteiger partial charge in [0, 0.05) is 6.54 Å². The van der Waals surface area contributed by atoms with Crippen molar-refractivity contribution in [2.24, 2.45) is 5.41 Å². The molecule has 1 saturated carbocycles. The number of hydrogen-bond acceptors (Lipinski definition) is 4. The highest BCUT2D eigenvalue weighted by Crippen LogP contribution is 2.35. The summed E-state index contributed by atoms with van der Waals surface area (Å²) in [6, 6.07) is 0. The molecular formula is C14H25NO4. The van der Waals surface area contributed by atoms with Gasteiger partial charge >= 0.3 is 11.9 Å². The summed E-state index contributed by atoms with van der Waals surface area (Å²) < 4.78 is 5.17. The third-order valence-electron chi connectivity index (χ3n) is 3.42. The van der Waals surface area contributed by atoms with Gasteiger partial charge in [-0.1, -0.05) is 19.3 Å². The number of carboxylic acid groups (broad SMARTS) is 1. The minimum atomic E-state index is -0.760. The van der Waals surface area contributed by atoms with Gasteiger partial charge in [0.05, 0.1) is 12.0 Å². The van der Waals surface area contributed by atoms with E-state index in [4.69, 9.17) is 4.74 Å². The summed E-state index contributed by atoms with van der Waals surface area (Å²) in [7, 11) is 0. The fourth-order valence-electron chi connectivity index (χ4n) is 2.48. The number of rotatable bonds is 5. The minimum absolute atomic E-state index is 0.0618. The Kier molecular flexibility index (Phi) is 5.35. The average molecular weight is 271 g/mol. The van der Waals surface area contributed by atoms with Crippen LogP contribution in [0.2, 0.25) is 0 Å². The number of carbonyl (C=O) groups is 2. The van der Waals surface area contributed by atoms with Crippen LogP contribution < -0.4 is 5.32 Å². The van der Waals surface area contributed by atoms with Crippen molar-refractivity contribution in [3.05, 3.63) is 0 Å². The van der Waals surface area contributed by atoms with E-state index in [1.165, 1.54) is 0 Å². The first kappa shape index (κ1) is 16.0. The summed E-state index contributed by atoms with van der Waals surface area (Å²) in [5.74, 6) is -1.10. The fourth-order valence-corrected chi connectivity index (χ4v) is 2.48. The standard InChI is InChI=1S/C14H25NO4/c1-13(2,3)19-11(16)9-15-10-14(12(17)18)7-5-4-6-8-14/h15H,4-10H2,1-3H3,(H,17,18). The minimum Gasteiger partial charge on any atom is -0.481 e. The number of hydrogen-bond donors (Lipinski definition) is 2. The van der Waals surface area contributed by atoms with Crippen molar-refractivity contribution < 1.29 is 19.4 Å². The SMILES string of the molecule is CC(C)(C)OC(=O)CNCC1(C(=O)O)CCCCC1. The van der Waals surface area contributed by atoms with Gasteiger partial charge in [-0.25, -0.2) is 0 Å². The van der Waals surface area contributed by atoms with Gasteiger partial charge in [0.15, 0.2) is 0 Å². The molecule has 0 amide bonds. The lowest BCUT2D eigenvalue weighted by Gasteiger charge is -2.33. The summed E-state index contributed by atoms with van der Waals surface area (Å²) in [6.07, 6.45) is 4.36. The topological polar surface area (TPSA) is 75.6 Å². The van der Waals surface area contributed by atoms with Gasteiger partial charge in [-0.05, 0) is 33.6 Å². The second-order valence-electron chi connectivity index (χ2n) is 6.34. The quantitative estimate of drug-likeness (QED) is 0.747. The molecule has 1 aliphatic carbocycles. The Hall–Kier alpha value is -1.10. The van der Waals surface area contributed by atoms with Gasteiger partial charge in [0.1, 0.15) is 5.60 Å². The normalized spacial score (nSPS) is 18.9. The molecule has 110 valence electrons. The van der Waals surface area contributed by atoms with E-state index in [2.05, 4.69) is 5.32 Å². The molecule has 19 heavy (non-hydrogen) atoms. The fraction of sp³-hybridized carbons (Fsp3) is 0.857. The first-order chi connectivity index (χ1) is 8.75. The second-order valence-corrected chi connectivity index (χ2v) is 6.34. The monoisotopic (exact) mass is 271 g/mol. The van der Waals surface area contributed by atoms with E-state index in [-0.39, 0.29) is 12.5 Å². The maximum absolute atomic E-state index is 11.5. The maximum Gasteiger partial charge on any atom is 0.320 e. The van der Waals surface area contributed by atoms with E-state index >= 15 is 0 Å². The first-order valence-electron chi connectivity index (χ1n) is 6.91. The lowest BCUT2D eigenvalue weighted by atomic mass is 9.74. The molecule has 0 aliphatic heterocycles. The van der Waals surface area contributed by atoms with E-state index in [9.17, 15) is 14.7 Å². The number of aliphatic carboxylic acids is 1. The highest BCUT2D eigenvalue weighted by atomic mass is 16.6. The number of carboxylic acids is 1. The molecule has 2 N–H and O–H groups in total. The van der Waals surface area contributed by atoms with Crippen LogP contribution in [-0.4, -0.2) is 35.7 Å². The van der Waals surface area contributed by atoms with Crippen molar-refractivity contribution in [2.75, 3.05) is 13.1 Å². The second kappa shape index (κ2) is 6.37. The van der Waals surface area contributed by atoms with Gasteiger partial charge < -0.3 is 15.2 Å². The van der Waals surface area contributed by atoms with E-state index in [0.29, 0.717) is 19.4 Å². The third-order valence-corrected chi connectivity index (χ3v) is 3.42. The predicted octanol–water partition coefficient (Wildman–Crippen LogP) is 1.95. The lowest BCUT2D eigenvalue weighted by Crippen LogP contribution is -2.44. The van der Waals surface area contributed by atoms with Crippen LogP contribution in [0.3, 0.4) is 0 Å². The average Bonchev–Trinajstić information content (AvgIpc) is 2.27. The molecule has 0 atom stereocenters. The molecule has 0 radical (unpaired) electrons. The summed E-state index contributed by atoms with van der Waals surface area (Å²) in [5.41, 5.74) is -1.21. The molecule has 0 unspecified atom stereocenters. The van der Waals surface area contributed by atoms with Gasteiger partial charge in [-0.15, -0.1) is 0 Å². The van der Waals surface area contributed by atoms with Crippen LogP contribution >= 0.6 is 0 Å². The summed E-state index contributed by atoms with van der Waals surface area (Å²) in [6.45, 7) is 5.83. The Balaban J connectivity index is 2.41. The molecule has 1 aliphatic rings. The molecule has 0 aromatic rings. The van der Waals surface area contributed by atoms with E-state index < -0.39 is 17.0 Å². The van der Waals surface area contributed by atoms with Crippen LogP contribution in [0.15, 0.2) is 0 Å². The van der Waals surface area contributed by atoms with Crippen LogP contribution in [-0.2, 0) is 14.3 Å². The highest BCUT2D eigenvalue weighted by molar-refractivity contribution is 5.75. The Morgan fingerprint density at radius 2 is 1.79 bits per heavy atom. The molecule has 1 fully saturated rings. The van der Waals surface area contributed by atoms with Gasteiger partial charge in [0.2, 0.25) is 0 Å². The number of carbonyl (C=O) groups excluding carboxylic acids is 1. The first-order valence-corrected chi connectivity index (χ1v) is 6.91. The predicted molar refractivity (Wildman–Crippen MR) is 71.9 cm³/mol. The molecule has 0 spiro atoms. The van der Waals surface area contributed by atoms with Crippen LogP contribution in [0, 0.1) is 5.41 Å². The number of nitrogens with one attached hydrogen (secondary N) is 1. The third kappa shape index (κ3) is 5.19. The van der Waals surface area contributed by atoms with Crippen molar-refractivity contribution in [3.8, 4) is 0 Å². The van der Waals surface area contributed by atoms with E-state index in [0.717, 1.165) is 19.3 Å². The zero-order valence-corrected chi connectivity index (χ0v) is 12.1. The van der Waals surface area contributed by atoms with Gasteiger partial charge in [-0.2, -0.15) is 0 Å². The highest BCUT2D eigenvalue weighted by Gasteiger charge is 2.39. The van der Waals surface area contributed by atoms with Crippen LogP contribution in [0.4, 0.5) is 0 Å². The van der Waals surface area contributed by atoms with E-state index in [1.54, 1.807) is 0 Å². The molecule has 1 rings (SSSR count). The molecule has 5 nitrogen and oxygen atoms in total. The zero-order valence-electron chi connectivity index (χ0n) is 12.1. The maximum atomic E-state index is 11.5. The van der Waals surface area contributed by atoms with Crippen molar-refractivity contribution in [1.29, 1.82) is 0 Å². The molecule has 0 bridgehead atoms. The largest absolute Gasteiger partial charge is 0.481 e. The van der Waals surface area contributed by atoms with Gasteiger partial charge in [0.25, 0.3) is 0 Å². The lowest BCUT2D eigenvalue weighted by molar-refractivity contribution is -0.155. The van der Waals surface area contributed by atoms with Crippen molar-refractivity contribution >= 4 is 11.9 Å². The molecule has 0 aromatic heterocycles. The molecular weight excluding hydrogens is 246 g/mol. The van der Waals surface area contributed by atoms with Crippen LogP contribution in [0.5, 0.6) is 0 Å². The summed E-state index contributed by atoms with van der Waals surface area (Å²) >= 11 is 0. The summed E-state index contributed by atoms with van der Waals surface area (Å²) in [4.78, 5) is 23.0. The Labute approximate surface area is 114 Å². The molecule has 0 aromatic carbocycles. The van der Waals surface area contributed by atoms with Gasteiger partial charge in [-0.3, -0.25) is 9.59 Å². The van der Waals surface area contributed by atoms with Crippen molar-refractivity contribution in [3.63, 3.8) is 0 Å². The van der Waals surface area contributed by atoms with E-state index in [1.807, 2.05) is 20.8 Å².